The highest BCUT2D eigenvalue weighted by Crippen LogP contribution is 2.23. The zero-order valence-corrected chi connectivity index (χ0v) is 12.1. The Morgan fingerprint density at radius 3 is 2.89 bits per heavy atom. The number of nitrogens with zero attached hydrogens (tertiary/aromatic N) is 2. The lowest BCUT2D eigenvalue weighted by Gasteiger charge is -2.21. The third-order valence-corrected chi connectivity index (χ3v) is 3.83. The maximum Gasteiger partial charge on any atom is 0.0535 e. The number of likely N-dealkylation sites (tertiary alicyclic amines) is 1. The van der Waals surface area contributed by atoms with Gasteiger partial charge in [-0.05, 0) is 26.4 Å². The summed E-state index contributed by atoms with van der Waals surface area (Å²) in [4.78, 5) is 2.45. The number of H-pyrrole nitrogens is 1. The van der Waals surface area contributed by atoms with Crippen molar-refractivity contribution in [2.24, 2.45) is 0 Å². The first-order chi connectivity index (χ1) is 8.48. The molecule has 1 aliphatic rings. The molecule has 1 aliphatic heterocycles. The van der Waals surface area contributed by atoms with Crippen LogP contribution < -0.4 is 5.32 Å². The molecule has 102 valence electrons. The van der Waals surface area contributed by atoms with Crippen LogP contribution in [0.2, 0.25) is 0 Å². The number of nitrogens with one attached hydrogen (secondary N) is 2. The van der Waals surface area contributed by atoms with Crippen molar-refractivity contribution >= 4 is 0 Å². The van der Waals surface area contributed by atoms with E-state index in [-0.39, 0.29) is 5.41 Å². The molecule has 1 fully saturated rings. The lowest BCUT2D eigenvalue weighted by molar-refractivity contribution is 0.300. The van der Waals surface area contributed by atoms with Crippen molar-refractivity contribution in [3.8, 4) is 0 Å². The van der Waals surface area contributed by atoms with Crippen LogP contribution in [0.1, 0.15) is 44.9 Å². The number of likely N-dealkylation sites (N-methyl/N-ethyl adjacent to an activating group) is 1. The third kappa shape index (κ3) is 3.12. The first-order valence-electron chi connectivity index (χ1n) is 6.92. The minimum atomic E-state index is 0.137. The van der Waals surface area contributed by atoms with E-state index in [2.05, 4.69) is 48.2 Å². The molecule has 2 N–H and O–H groups in total. The molecule has 0 spiro atoms. The van der Waals surface area contributed by atoms with Crippen LogP contribution in [0.25, 0.3) is 0 Å². The van der Waals surface area contributed by atoms with E-state index >= 15 is 0 Å². The Bertz CT molecular complexity index is 377. The Kier molecular flexibility index (Phi) is 4.07. The molecule has 0 saturated carbocycles. The van der Waals surface area contributed by atoms with Crippen molar-refractivity contribution in [3.05, 3.63) is 17.5 Å². The number of hydrogen-bond donors (Lipinski definition) is 2. The fourth-order valence-corrected chi connectivity index (χ4v) is 2.71. The highest BCUT2D eigenvalue weighted by Gasteiger charge is 2.22. The molecule has 0 amide bonds. The Hall–Kier alpha value is -0.870. The summed E-state index contributed by atoms with van der Waals surface area (Å²) in [5, 5.41) is 10.9. The minimum absolute atomic E-state index is 0.137. The molecule has 1 aromatic heterocycles. The summed E-state index contributed by atoms with van der Waals surface area (Å²) in [6.07, 6.45) is 4.61. The Labute approximate surface area is 110 Å². The Balaban J connectivity index is 1.85. The van der Waals surface area contributed by atoms with Crippen LogP contribution in [-0.4, -0.2) is 41.3 Å². The maximum absolute atomic E-state index is 4.18. The summed E-state index contributed by atoms with van der Waals surface area (Å²) in [5.74, 6) is 0. The summed E-state index contributed by atoms with van der Waals surface area (Å²) in [7, 11) is 2.22. The number of hydrogen-bond acceptors (Lipinski definition) is 3. The van der Waals surface area contributed by atoms with Crippen LogP contribution in [-0.2, 0) is 12.0 Å². The molecule has 18 heavy (non-hydrogen) atoms. The third-order valence-electron chi connectivity index (χ3n) is 3.83. The maximum atomic E-state index is 4.18. The predicted molar refractivity (Wildman–Crippen MR) is 74.6 cm³/mol. The fourth-order valence-electron chi connectivity index (χ4n) is 2.71. The van der Waals surface area contributed by atoms with E-state index in [1.165, 1.54) is 30.6 Å². The van der Waals surface area contributed by atoms with Gasteiger partial charge in [0.25, 0.3) is 0 Å². The van der Waals surface area contributed by atoms with Gasteiger partial charge in [0, 0.05) is 35.8 Å². The molecule has 1 saturated heterocycles. The summed E-state index contributed by atoms with van der Waals surface area (Å²) >= 11 is 0. The molecule has 2 heterocycles. The summed E-state index contributed by atoms with van der Waals surface area (Å²) in [5.41, 5.74) is 2.68. The first-order valence-corrected chi connectivity index (χ1v) is 6.92. The van der Waals surface area contributed by atoms with Crippen molar-refractivity contribution in [2.75, 3.05) is 20.1 Å². The van der Waals surface area contributed by atoms with Crippen molar-refractivity contribution in [3.63, 3.8) is 0 Å². The van der Waals surface area contributed by atoms with Gasteiger partial charge in [-0.1, -0.05) is 20.8 Å². The van der Waals surface area contributed by atoms with Gasteiger partial charge >= 0.3 is 0 Å². The molecular formula is C14H26N4. The van der Waals surface area contributed by atoms with E-state index in [0.29, 0.717) is 6.04 Å². The lowest BCUT2D eigenvalue weighted by atomic mass is 9.89. The zero-order chi connectivity index (χ0) is 13.2. The monoisotopic (exact) mass is 250 g/mol. The van der Waals surface area contributed by atoms with Crippen LogP contribution in [0, 0.1) is 0 Å². The van der Waals surface area contributed by atoms with E-state index in [9.17, 15) is 0 Å². The topological polar surface area (TPSA) is 44.0 Å². The van der Waals surface area contributed by atoms with E-state index in [1.54, 1.807) is 0 Å². The minimum Gasteiger partial charge on any atom is -0.311 e. The normalized spacial score (nSPS) is 21.7. The van der Waals surface area contributed by atoms with Gasteiger partial charge in [0.15, 0.2) is 0 Å². The molecule has 1 aromatic rings. The predicted octanol–water partition coefficient (Wildman–Crippen LogP) is 1.89. The molecule has 0 bridgehead atoms. The zero-order valence-electron chi connectivity index (χ0n) is 12.1. The summed E-state index contributed by atoms with van der Waals surface area (Å²) in [6, 6.07) is 0.704. The van der Waals surface area contributed by atoms with Crippen molar-refractivity contribution in [2.45, 2.75) is 51.6 Å². The molecule has 0 aromatic carbocycles. The molecule has 2 rings (SSSR count). The molecule has 1 atom stereocenters. The smallest absolute Gasteiger partial charge is 0.0535 e. The highest BCUT2D eigenvalue weighted by atomic mass is 15.2. The van der Waals surface area contributed by atoms with Crippen LogP contribution in [0.3, 0.4) is 0 Å². The van der Waals surface area contributed by atoms with E-state index < -0.39 is 0 Å². The second-order valence-corrected chi connectivity index (χ2v) is 6.43. The number of aromatic amines is 1. The Morgan fingerprint density at radius 1 is 1.50 bits per heavy atom. The van der Waals surface area contributed by atoms with Gasteiger partial charge in [-0.2, -0.15) is 5.10 Å². The van der Waals surface area contributed by atoms with Gasteiger partial charge < -0.3 is 10.2 Å². The lowest BCUT2D eigenvalue weighted by Crippen LogP contribution is -2.35. The second-order valence-electron chi connectivity index (χ2n) is 6.43. The SMILES string of the molecule is CN1CCC[C@H]1CNCc1cn[nH]c1C(C)(C)C. The van der Waals surface area contributed by atoms with Gasteiger partial charge in [0.05, 0.1) is 6.20 Å². The molecular weight excluding hydrogens is 224 g/mol. The van der Waals surface area contributed by atoms with Gasteiger partial charge in [-0.25, -0.2) is 0 Å². The molecule has 0 aliphatic carbocycles. The highest BCUT2D eigenvalue weighted by molar-refractivity contribution is 5.23. The fraction of sp³-hybridized carbons (Fsp3) is 0.786. The number of rotatable bonds is 4. The quantitative estimate of drug-likeness (QED) is 0.857. The van der Waals surface area contributed by atoms with Crippen molar-refractivity contribution < 1.29 is 0 Å². The van der Waals surface area contributed by atoms with Crippen molar-refractivity contribution in [1.29, 1.82) is 0 Å². The summed E-state index contributed by atoms with van der Waals surface area (Å²) in [6.45, 7) is 9.88. The van der Waals surface area contributed by atoms with Crippen LogP contribution in [0.4, 0.5) is 0 Å². The van der Waals surface area contributed by atoms with Crippen LogP contribution >= 0.6 is 0 Å². The van der Waals surface area contributed by atoms with E-state index in [4.69, 9.17) is 0 Å². The van der Waals surface area contributed by atoms with Gasteiger partial charge in [0.2, 0.25) is 0 Å². The van der Waals surface area contributed by atoms with Gasteiger partial charge in [0.1, 0.15) is 0 Å². The average molecular weight is 250 g/mol. The number of aromatic nitrogens is 2. The Morgan fingerprint density at radius 2 is 2.28 bits per heavy atom. The molecule has 4 nitrogen and oxygen atoms in total. The van der Waals surface area contributed by atoms with Crippen LogP contribution in [0.5, 0.6) is 0 Å². The van der Waals surface area contributed by atoms with Crippen molar-refractivity contribution in [1.82, 2.24) is 20.4 Å². The van der Waals surface area contributed by atoms with E-state index in [0.717, 1.165) is 13.1 Å². The van der Waals surface area contributed by atoms with Gasteiger partial charge in [-0.15, -0.1) is 0 Å². The molecule has 0 unspecified atom stereocenters. The first kappa shape index (κ1) is 13.6. The van der Waals surface area contributed by atoms with Gasteiger partial charge in [-0.3, -0.25) is 5.10 Å². The largest absolute Gasteiger partial charge is 0.311 e. The van der Waals surface area contributed by atoms with E-state index in [1.807, 2.05) is 6.20 Å². The van der Waals surface area contributed by atoms with Crippen LogP contribution in [0.15, 0.2) is 6.20 Å². The summed E-state index contributed by atoms with van der Waals surface area (Å²) < 4.78 is 0. The molecule has 0 radical (unpaired) electrons. The molecule has 4 heteroatoms. The average Bonchev–Trinajstić information content (AvgIpc) is 2.87. The second kappa shape index (κ2) is 5.41. The standard InChI is InChI=1S/C14H26N4/c1-14(2,3)13-11(9-16-17-13)8-15-10-12-6-5-7-18(12)4/h9,12,15H,5-8,10H2,1-4H3,(H,16,17)/t12-/m0/s1.